The average Bonchev–Trinajstić information content (AvgIpc) is 2.94. The molecule has 0 spiro atoms. The average molecular weight is 335 g/mol. The van der Waals surface area contributed by atoms with Crippen LogP contribution in [0, 0.1) is 0 Å². The SMILES string of the molecule is CCOCCn1c(SCCN2CCOCC2)nc2ccccc21. The minimum Gasteiger partial charge on any atom is -0.380 e. The standard InChI is InChI=1S/C17H25N3O2S/c1-2-21-13-9-20-16-6-4-3-5-15(16)18-17(20)23-14-10-19-7-11-22-12-8-19/h3-6H,2,7-14H2,1H3. The quantitative estimate of drug-likeness (QED) is 0.547. The Labute approximate surface area is 142 Å². The van der Waals surface area contributed by atoms with Crippen molar-refractivity contribution in [2.75, 3.05) is 51.8 Å². The van der Waals surface area contributed by atoms with Crippen molar-refractivity contribution in [3.05, 3.63) is 24.3 Å². The summed E-state index contributed by atoms with van der Waals surface area (Å²) in [6.45, 7) is 9.26. The highest BCUT2D eigenvalue weighted by Crippen LogP contribution is 2.24. The van der Waals surface area contributed by atoms with Gasteiger partial charge in [0.2, 0.25) is 0 Å². The van der Waals surface area contributed by atoms with E-state index in [4.69, 9.17) is 14.5 Å². The summed E-state index contributed by atoms with van der Waals surface area (Å²) in [5.74, 6) is 1.05. The van der Waals surface area contributed by atoms with Gasteiger partial charge in [-0.25, -0.2) is 4.98 Å². The van der Waals surface area contributed by atoms with Gasteiger partial charge in [0, 0.05) is 38.5 Å². The summed E-state index contributed by atoms with van der Waals surface area (Å²) in [5.41, 5.74) is 2.26. The molecule has 0 atom stereocenters. The van der Waals surface area contributed by atoms with Crippen molar-refractivity contribution >= 4 is 22.8 Å². The third-order valence-corrected chi connectivity index (χ3v) is 4.98. The smallest absolute Gasteiger partial charge is 0.169 e. The summed E-state index contributed by atoms with van der Waals surface area (Å²) in [4.78, 5) is 7.26. The van der Waals surface area contributed by atoms with Gasteiger partial charge in [0.25, 0.3) is 0 Å². The zero-order valence-corrected chi connectivity index (χ0v) is 14.6. The molecule has 1 aliphatic heterocycles. The van der Waals surface area contributed by atoms with Crippen molar-refractivity contribution in [1.29, 1.82) is 0 Å². The molecule has 2 heterocycles. The molecule has 1 aromatic heterocycles. The molecule has 0 unspecified atom stereocenters. The summed E-state index contributed by atoms with van der Waals surface area (Å²) in [7, 11) is 0. The highest BCUT2D eigenvalue weighted by atomic mass is 32.2. The van der Waals surface area contributed by atoms with Crippen molar-refractivity contribution in [1.82, 2.24) is 14.5 Å². The lowest BCUT2D eigenvalue weighted by molar-refractivity contribution is 0.0410. The van der Waals surface area contributed by atoms with E-state index in [1.165, 1.54) is 5.52 Å². The molecule has 0 aliphatic carbocycles. The summed E-state index contributed by atoms with van der Waals surface area (Å²) in [5, 5.41) is 1.10. The highest BCUT2D eigenvalue weighted by molar-refractivity contribution is 7.99. The van der Waals surface area contributed by atoms with Crippen molar-refractivity contribution in [3.63, 3.8) is 0 Å². The number of fused-ring (bicyclic) bond motifs is 1. The Bertz CT molecular complexity index is 611. The molecule has 1 aliphatic rings. The van der Waals surface area contributed by atoms with Crippen LogP contribution in [0.25, 0.3) is 11.0 Å². The largest absolute Gasteiger partial charge is 0.380 e. The Kier molecular flexibility index (Phi) is 6.33. The van der Waals surface area contributed by atoms with Crippen LogP contribution in [0.2, 0.25) is 0 Å². The van der Waals surface area contributed by atoms with Crippen LogP contribution >= 0.6 is 11.8 Å². The predicted octanol–water partition coefficient (Wildman–Crippen LogP) is 2.50. The van der Waals surface area contributed by atoms with E-state index in [1.807, 2.05) is 24.8 Å². The number of imidazole rings is 1. The van der Waals surface area contributed by atoms with Crippen LogP contribution in [0.5, 0.6) is 0 Å². The van der Waals surface area contributed by atoms with Gasteiger partial charge in [0.15, 0.2) is 5.16 Å². The number of rotatable bonds is 8. The first-order valence-corrected chi connectivity index (χ1v) is 9.33. The van der Waals surface area contributed by atoms with E-state index in [0.29, 0.717) is 0 Å². The van der Waals surface area contributed by atoms with Crippen molar-refractivity contribution in [2.24, 2.45) is 0 Å². The van der Waals surface area contributed by atoms with Gasteiger partial charge in [-0.1, -0.05) is 23.9 Å². The van der Waals surface area contributed by atoms with Crippen molar-refractivity contribution in [3.8, 4) is 0 Å². The van der Waals surface area contributed by atoms with Crippen molar-refractivity contribution in [2.45, 2.75) is 18.6 Å². The Balaban J connectivity index is 1.64. The second-order valence-corrected chi connectivity index (χ2v) is 6.60. The lowest BCUT2D eigenvalue weighted by Crippen LogP contribution is -2.37. The van der Waals surface area contributed by atoms with Crippen molar-refractivity contribution < 1.29 is 9.47 Å². The summed E-state index contributed by atoms with van der Waals surface area (Å²) in [6.07, 6.45) is 0. The lowest BCUT2D eigenvalue weighted by Gasteiger charge is -2.26. The zero-order chi connectivity index (χ0) is 15.9. The normalized spacial score (nSPS) is 16.2. The molecular formula is C17H25N3O2S. The maximum absolute atomic E-state index is 5.53. The Hall–Kier alpha value is -1.08. The molecule has 0 N–H and O–H groups in total. The van der Waals surface area contributed by atoms with E-state index >= 15 is 0 Å². The Morgan fingerprint density at radius 2 is 2.04 bits per heavy atom. The van der Waals surface area contributed by atoms with E-state index in [0.717, 1.165) is 69.0 Å². The number of nitrogens with zero attached hydrogens (tertiary/aromatic N) is 3. The molecule has 3 rings (SSSR count). The van der Waals surface area contributed by atoms with Crippen LogP contribution in [-0.2, 0) is 16.0 Å². The molecular weight excluding hydrogens is 310 g/mol. The molecule has 6 heteroatoms. The molecule has 0 bridgehead atoms. The molecule has 2 aromatic rings. The fraction of sp³-hybridized carbons (Fsp3) is 0.588. The molecule has 1 aromatic carbocycles. The number of morpholine rings is 1. The fourth-order valence-corrected chi connectivity index (χ4v) is 3.81. The molecule has 0 amide bonds. The minimum atomic E-state index is 0.730. The number of aromatic nitrogens is 2. The van der Waals surface area contributed by atoms with Crippen LogP contribution in [0.4, 0.5) is 0 Å². The summed E-state index contributed by atoms with van der Waals surface area (Å²) < 4.78 is 13.2. The molecule has 0 radical (unpaired) electrons. The second kappa shape index (κ2) is 8.68. The first-order chi connectivity index (χ1) is 11.4. The molecule has 5 nitrogen and oxygen atoms in total. The molecule has 126 valence electrons. The Morgan fingerprint density at radius 1 is 1.22 bits per heavy atom. The molecule has 1 saturated heterocycles. The zero-order valence-electron chi connectivity index (χ0n) is 13.7. The van der Waals surface area contributed by atoms with Crippen LogP contribution < -0.4 is 0 Å². The highest BCUT2D eigenvalue weighted by Gasteiger charge is 2.13. The first-order valence-electron chi connectivity index (χ1n) is 8.34. The Morgan fingerprint density at radius 3 is 2.87 bits per heavy atom. The maximum atomic E-state index is 5.53. The van der Waals surface area contributed by atoms with Gasteiger partial charge in [0.05, 0.1) is 30.9 Å². The first kappa shape index (κ1) is 16.8. The van der Waals surface area contributed by atoms with Gasteiger partial charge in [-0.3, -0.25) is 4.90 Å². The molecule has 0 saturated carbocycles. The van der Waals surface area contributed by atoms with E-state index in [9.17, 15) is 0 Å². The van der Waals surface area contributed by atoms with Crippen LogP contribution in [0.3, 0.4) is 0 Å². The number of para-hydroxylation sites is 2. The molecule has 23 heavy (non-hydrogen) atoms. The van der Waals surface area contributed by atoms with Gasteiger partial charge in [-0.2, -0.15) is 0 Å². The van der Waals surface area contributed by atoms with E-state index in [1.54, 1.807) is 0 Å². The monoisotopic (exact) mass is 335 g/mol. The number of benzene rings is 1. The predicted molar refractivity (Wildman–Crippen MR) is 94.2 cm³/mol. The summed E-state index contributed by atoms with van der Waals surface area (Å²) in [6, 6.07) is 8.34. The second-order valence-electron chi connectivity index (χ2n) is 5.53. The van der Waals surface area contributed by atoms with E-state index in [2.05, 4.69) is 27.7 Å². The minimum absolute atomic E-state index is 0.730. The van der Waals surface area contributed by atoms with Gasteiger partial charge in [-0.05, 0) is 19.1 Å². The number of thioether (sulfide) groups is 1. The third kappa shape index (κ3) is 4.47. The van der Waals surface area contributed by atoms with Gasteiger partial charge >= 0.3 is 0 Å². The van der Waals surface area contributed by atoms with Gasteiger partial charge < -0.3 is 14.0 Å². The number of hydrogen-bond donors (Lipinski definition) is 0. The van der Waals surface area contributed by atoms with E-state index < -0.39 is 0 Å². The van der Waals surface area contributed by atoms with Gasteiger partial charge in [-0.15, -0.1) is 0 Å². The van der Waals surface area contributed by atoms with E-state index in [-0.39, 0.29) is 0 Å². The topological polar surface area (TPSA) is 39.5 Å². The van der Waals surface area contributed by atoms with Crippen LogP contribution in [0.15, 0.2) is 29.4 Å². The maximum Gasteiger partial charge on any atom is 0.169 e. The van der Waals surface area contributed by atoms with Gasteiger partial charge in [0.1, 0.15) is 0 Å². The lowest BCUT2D eigenvalue weighted by atomic mass is 10.3. The fourth-order valence-electron chi connectivity index (χ4n) is 2.77. The number of hydrogen-bond acceptors (Lipinski definition) is 5. The molecule has 1 fully saturated rings. The number of ether oxygens (including phenoxy) is 2. The van der Waals surface area contributed by atoms with Crippen LogP contribution in [-0.4, -0.2) is 66.3 Å². The third-order valence-electron chi connectivity index (χ3n) is 4.03. The summed E-state index contributed by atoms with van der Waals surface area (Å²) >= 11 is 1.84. The van der Waals surface area contributed by atoms with Crippen LogP contribution in [0.1, 0.15) is 6.92 Å².